The quantitative estimate of drug-likeness (QED) is 0.752. The fourth-order valence-electron chi connectivity index (χ4n) is 1.71. The number of hydrogen-bond donors (Lipinski definition) is 1. The summed E-state index contributed by atoms with van der Waals surface area (Å²) in [4.78, 5) is 13.6. The maximum atomic E-state index is 12.3. The minimum Gasteiger partial charge on any atom is -0.340 e. The van der Waals surface area contributed by atoms with E-state index >= 15 is 0 Å². The largest absolute Gasteiger partial charge is 0.340 e. The summed E-state index contributed by atoms with van der Waals surface area (Å²) in [6.07, 6.45) is -0.131. The molecule has 1 aromatic rings. The topological polar surface area (TPSA) is 37.3 Å². The highest BCUT2D eigenvalue weighted by Gasteiger charge is 2.16. The molecule has 0 radical (unpaired) electrons. The van der Waals surface area contributed by atoms with Crippen molar-refractivity contribution in [3.63, 3.8) is 0 Å². The first kappa shape index (κ1) is 14.6. The molecule has 0 atom stereocenters. The number of nitrogens with zero attached hydrogens (tertiary/aromatic N) is 2. The van der Waals surface area contributed by atoms with E-state index in [-0.39, 0.29) is 5.91 Å². The van der Waals surface area contributed by atoms with Crippen molar-refractivity contribution in [3.8, 4) is 0 Å². The first-order valence-corrected chi connectivity index (χ1v) is 5.89. The van der Waals surface area contributed by atoms with Crippen LogP contribution in [0.25, 0.3) is 0 Å². The van der Waals surface area contributed by atoms with E-state index in [1.165, 1.54) is 10.8 Å². The van der Waals surface area contributed by atoms with E-state index in [1.54, 1.807) is 24.1 Å². The fraction of sp³-hybridized carbons (Fsp3) is 0.583. The van der Waals surface area contributed by atoms with Gasteiger partial charge in [-0.05, 0) is 32.1 Å². The monoisotopic (exact) mass is 259 g/mol. The van der Waals surface area contributed by atoms with E-state index in [2.05, 4.69) is 5.32 Å². The molecule has 6 heteroatoms. The molecule has 0 aliphatic rings. The average Bonchev–Trinajstić information content (AvgIpc) is 2.75. The van der Waals surface area contributed by atoms with Crippen LogP contribution in [0.4, 0.5) is 8.78 Å². The number of aromatic nitrogens is 1. The molecule has 1 heterocycles. The molecule has 0 unspecified atom stereocenters. The summed E-state index contributed by atoms with van der Waals surface area (Å²) in [5, 5.41) is 2.99. The summed E-state index contributed by atoms with van der Waals surface area (Å²) in [5.74, 6) is -0.225. The van der Waals surface area contributed by atoms with Crippen LogP contribution in [-0.2, 0) is 6.54 Å². The Bertz CT molecular complexity index is 379. The van der Waals surface area contributed by atoms with Gasteiger partial charge in [0.25, 0.3) is 12.3 Å². The van der Waals surface area contributed by atoms with Crippen molar-refractivity contribution in [1.82, 2.24) is 14.8 Å². The second kappa shape index (κ2) is 7.10. The van der Waals surface area contributed by atoms with Crippen molar-refractivity contribution < 1.29 is 13.6 Å². The lowest BCUT2D eigenvalue weighted by Crippen LogP contribution is -2.31. The highest BCUT2D eigenvalue weighted by Crippen LogP contribution is 2.09. The molecule has 1 rings (SSSR count). The smallest absolute Gasteiger partial charge is 0.270 e. The van der Waals surface area contributed by atoms with E-state index in [1.807, 2.05) is 7.05 Å². The molecule has 102 valence electrons. The van der Waals surface area contributed by atoms with Crippen molar-refractivity contribution in [2.75, 3.05) is 27.2 Å². The lowest BCUT2D eigenvalue weighted by molar-refractivity contribution is 0.0772. The van der Waals surface area contributed by atoms with Crippen LogP contribution in [0, 0.1) is 0 Å². The van der Waals surface area contributed by atoms with E-state index in [0.717, 1.165) is 13.0 Å². The molecule has 0 aliphatic carbocycles. The summed E-state index contributed by atoms with van der Waals surface area (Å²) in [6.45, 7) is 0.966. The van der Waals surface area contributed by atoms with Gasteiger partial charge in [-0.2, -0.15) is 0 Å². The number of halogens is 2. The Morgan fingerprint density at radius 1 is 1.56 bits per heavy atom. The molecule has 0 fully saturated rings. The molecule has 1 N–H and O–H groups in total. The van der Waals surface area contributed by atoms with Gasteiger partial charge in [-0.15, -0.1) is 0 Å². The van der Waals surface area contributed by atoms with Crippen LogP contribution in [0.1, 0.15) is 16.9 Å². The highest BCUT2D eigenvalue weighted by atomic mass is 19.3. The molecule has 4 nitrogen and oxygen atoms in total. The van der Waals surface area contributed by atoms with Gasteiger partial charge in [0.05, 0.1) is 6.54 Å². The molecule has 0 saturated carbocycles. The van der Waals surface area contributed by atoms with Crippen molar-refractivity contribution >= 4 is 5.91 Å². The SMILES string of the molecule is CNCCCN(C)C(=O)c1cccn1CC(F)F. The standard InChI is InChI=1S/C12H19F2N3O/c1-15-6-4-7-16(2)12(18)10-5-3-8-17(10)9-11(13)14/h3,5,8,11,15H,4,6-7,9H2,1-2H3. The van der Waals surface area contributed by atoms with E-state index in [4.69, 9.17) is 0 Å². The minimum absolute atomic E-state index is 0.225. The lowest BCUT2D eigenvalue weighted by atomic mass is 10.3. The second-order valence-corrected chi connectivity index (χ2v) is 4.12. The molecule has 0 aliphatic heterocycles. The number of nitrogens with one attached hydrogen (secondary N) is 1. The first-order valence-electron chi connectivity index (χ1n) is 5.89. The molecule has 0 spiro atoms. The lowest BCUT2D eigenvalue weighted by Gasteiger charge is -2.18. The third-order valence-electron chi connectivity index (χ3n) is 2.65. The predicted molar refractivity (Wildman–Crippen MR) is 65.9 cm³/mol. The van der Waals surface area contributed by atoms with Crippen LogP contribution in [0.5, 0.6) is 0 Å². The first-order chi connectivity index (χ1) is 8.56. The van der Waals surface area contributed by atoms with Gasteiger partial charge in [-0.1, -0.05) is 0 Å². The second-order valence-electron chi connectivity index (χ2n) is 4.12. The molecular weight excluding hydrogens is 240 g/mol. The average molecular weight is 259 g/mol. The molecule has 18 heavy (non-hydrogen) atoms. The Balaban J connectivity index is 2.62. The van der Waals surface area contributed by atoms with Gasteiger partial charge < -0.3 is 14.8 Å². The van der Waals surface area contributed by atoms with E-state index in [9.17, 15) is 13.6 Å². The molecule has 1 amide bonds. The molecule has 0 aromatic carbocycles. The van der Waals surface area contributed by atoms with Crippen LogP contribution >= 0.6 is 0 Å². The number of carbonyl (C=O) groups is 1. The Labute approximate surface area is 106 Å². The van der Waals surface area contributed by atoms with Crippen molar-refractivity contribution in [2.24, 2.45) is 0 Å². The number of hydrogen-bond acceptors (Lipinski definition) is 2. The van der Waals surface area contributed by atoms with Gasteiger partial charge in [0, 0.05) is 19.8 Å². The summed E-state index contributed by atoms with van der Waals surface area (Å²) >= 11 is 0. The normalized spacial score (nSPS) is 10.9. The van der Waals surface area contributed by atoms with Gasteiger partial charge in [0.2, 0.25) is 0 Å². The van der Waals surface area contributed by atoms with Crippen LogP contribution in [0.2, 0.25) is 0 Å². The van der Waals surface area contributed by atoms with Gasteiger partial charge in [0.15, 0.2) is 0 Å². The Kier molecular flexibility index (Phi) is 5.77. The number of alkyl halides is 2. The van der Waals surface area contributed by atoms with Crippen LogP contribution < -0.4 is 5.32 Å². The maximum absolute atomic E-state index is 12.3. The third kappa shape index (κ3) is 4.10. The zero-order chi connectivity index (χ0) is 13.5. The minimum atomic E-state index is -2.46. The van der Waals surface area contributed by atoms with Crippen molar-refractivity contribution in [2.45, 2.75) is 19.4 Å². The van der Waals surface area contributed by atoms with Crippen LogP contribution in [0.15, 0.2) is 18.3 Å². The summed E-state index contributed by atoms with van der Waals surface area (Å²) in [6, 6.07) is 3.18. The fourth-order valence-corrected chi connectivity index (χ4v) is 1.71. The molecule has 0 saturated heterocycles. The Morgan fingerprint density at radius 2 is 2.28 bits per heavy atom. The van der Waals surface area contributed by atoms with Crippen molar-refractivity contribution in [3.05, 3.63) is 24.0 Å². The van der Waals surface area contributed by atoms with Crippen LogP contribution in [-0.4, -0.2) is 49.0 Å². The van der Waals surface area contributed by atoms with Gasteiger partial charge in [-0.3, -0.25) is 4.79 Å². The summed E-state index contributed by atoms with van der Waals surface area (Å²) < 4.78 is 26.0. The zero-order valence-electron chi connectivity index (χ0n) is 10.7. The number of rotatable bonds is 7. The van der Waals surface area contributed by atoms with Gasteiger partial charge >= 0.3 is 0 Å². The van der Waals surface area contributed by atoms with E-state index in [0.29, 0.717) is 12.2 Å². The maximum Gasteiger partial charge on any atom is 0.270 e. The third-order valence-corrected chi connectivity index (χ3v) is 2.65. The number of carbonyl (C=O) groups excluding carboxylic acids is 1. The zero-order valence-corrected chi connectivity index (χ0v) is 10.7. The van der Waals surface area contributed by atoms with Gasteiger partial charge in [0.1, 0.15) is 5.69 Å². The number of amides is 1. The Hall–Kier alpha value is -1.43. The van der Waals surface area contributed by atoms with E-state index < -0.39 is 13.0 Å². The molecular formula is C12H19F2N3O. The Morgan fingerprint density at radius 3 is 2.89 bits per heavy atom. The van der Waals surface area contributed by atoms with Gasteiger partial charge in [-0.25, -0.2) is 8.78 Å². The summed E-state index contributed by atoms with van der Waals surface area (Å²) in [5.41, 5.74) is 0.308. The van der Waals surface area contributed by atoms with Crippen LogP contribution in [0.3, 0.4) is 0 Å². The highest BCUT2D eigenvalue weighted by molar-refractivity contribution is 5.92. The molecule has 0 bridgehead atoms. The summed E-state index contributed by atoms with van der Waals surface area (Å²) in [7, 11) is 3.52. The molecule has 1 aromatic heterocycles. The van der Waals surface area contributed by atoms with Crippen molar-refractivity contribution in [1.29, 1.82) is 0 Å². The predicted octanol–water partition coefficient (Wildman–Crippen LogP) is 1.43.